The number of nitrogens with one attached hydrogen (secondary N) is 2. The third-order valence-corrected chi connectivity index (χ3v) is 6.49. The number of rotatable bonds is 6. The molecule has 1 saturated heterocycles. The number of halogens is 2. The molecule has 2 N–H and O–H groups in total. The molecule has 0 radical (unpaired) electrons. The van der Waals surface area contributed by atoms with Gasteiger partial charge in [0.05, 0.1) is 17.0 Å². The Morgan fingerprint density at radius 1 is 1.34 bits per heavy atom. The molecule has 1 amide bonds. The normalized spacial score (nSPS) is 19.4. The van der Waals surface area contributed by atoms with Crippen molar-refractivity contribution in [1.82, 2.24) is 19.9 Å². The average molecular weight is 460 g/mol. The molecule has 0 saturated carbocycles. The summed E-state index contributed by atoms with van der Waals surface area (Å²) in [5.74, 6) is -3.92. The van der Waals surface area contributed by atoms with Crippen molar-refractivity contribution in [3.63, 3.8) is 0 Å². The highest BCUT2D eigenvalue weighted by molar-refractivity contribution is 7.09. The van der Waals surface area contributed by atoms with E-state index in [2.05, 4.69) is 20.3 Å². The Hall–Kier alpha value is -2.98. The first-order valence-electron chi connectivity index (χ1n) is 10.3. The van der Waals surface area contributed by atoms with Crippen molar-refractivity contribution in [2.24, 2.45) is 0 Å². The number of piperidine rings is 1. The van der Waals surface area contributed by atoms with Crippen LogP contribution in [0.4, 0.5) is 14.6 Å². The van der Waals surface area contributed by atoms with Gasteiger partial charge in [0, 0.05) is 56.0 Å². The molecule has 2 atom stereocenters. The first kappa shape index (κ1) is 22.2. The highest BCUT2D eigenvalue weighted by Gasteiger charge is 2.46. The highest BCUT2D eigenvalue weighted by Crippen LogP contribution is 2.40. The number of pyridine rings is 2. The number of hydrogen-bond donors (Lipinski definition) is 2. The molecular formula is C22H23F2N5O2S. The van der Waals surface area contributed by atoms with Crippen LogP contribution < -0.4 is 10.9 Å². The average Bonchev–Trinajstić information content (AvgIpc) is 3.28. The zero-order chi connectivity index (χ0) is 22.7. The highest BCUT2D eigenvalue weighted by atomic mass is 32.1. The molecule has 0 aromatic carbocycles. The fourth-order valence-electron chi connectivity index (χ4n) is 3.78. The van der Waals surface area contributed by atoms with Crippen molar-refractivity contribution in [2.75, 3.05) is 18.4 Å². The van der Waals surface area contributed by atoms with Crippen molar-refractivity contribution >= 4 is 23.1 Å². The molecule has 0 bridgehead atoms. The van der Waals surface area contributed by atoms with Crippen LogP contribution in [0.15, 0.2) is 53.0 Å². The smallest absolute Gasteiger partial charge is 0.257 e. The Morgan fingerprint density at radius 3 is 2.84 bits per heavy atom. The van der Waals surface area contributed by atoms with E-state index in [4.69, 9.17) is 0 Å². The van der Waals surface area contributed by atoms with E-state index < -0.39 is 17.9 Å². The summed E-state index contributed by atoms with van der Waals surface area (Å²) >= 11 is 1.57. The van der Waals surface area contributed by atoms with Crippen LogP contribution >= 0.6 is 11.3 Å². The van der Waals surface area contributed by atoms with E-state index in [0.717, 1.165) is 10.6 Å². The summed E-state index contributed by atoms with van der Waals surface area (Å²) in [6.45, 7) is 1.80. The quantitative estimate of drug-likeness (QED) is 0.591. The summed E-state index contributed by atoms with van der Waals surface area (Å²) in [6, 6.07) is 5.64. The molecule has 1 fully saturated rings. The molecule has 3 aromatic heterocycles. The Bertz CT molecular complexity index is 1100. The van der Waals surface area contributed by atoms with Gasteiger partial charge in [0.1, 0.15) is 5.82 Å². The van der Waals surface area contributed by atoms with Gasteiger partial charge in [0.15, 0.2) is 0 Å². The largest absolute Gasteiger partial charge is 0.329 e. The minimum Gasteiger partial charge on any atom is -0.329 e. The summed E-state index contributed by atoms with van der Waals surface area (Å²) in [6.07, 6.45) is 5.07. The number of likely N-dealkylation sites (tertiary alicyclic amines) is 1. The number of alkyl halides is 2. The predicted octanol–water partition coefficient (Wildman–Crippen LogP) is 3.27. The molecule has 3 aromatic rings. The second-order valence-corrected chi connectivity index (χ2v) is 8.84. The van der Waals surface area contributed by atoms with Crippen molar-refractivity contribution in [2.45, 2.75) is 37.6 Å². The lowest BCUT2D eigenvalue weighted by Gasteiger charge is -2.40. The van der Waals surface area contributed by atoms with Gasteiger partial charge in [0.2, 0.25) is 11.5 Å². The molecule has 32 heavy (non-hydrogen) atoms. The predicted molar refractivity (Wildman–Crippen MR) is 118 cm³/mol. The van der Waals surface area contributed by atoms with E-state index >= 15 is 0 Å². The van der Waals surface area contributed by atoms with Gasteiger partial charge < -0.3 is 10.3 Å². The van der Waals surface area contributed by atoms with Crippen molar-refractivity contribution in [3.8, 4) is 0 Å². The number of hydrogen-bond acceptors (Lipinski definition) is 6. The number of carbonyl (C=O) groups excluding carboxylic acids is 1. The Kier molecular flexibility index (Phi) is 6.43. The fourth-order valence-corrected chi connectivity index (χ4v) is 4.43. The van der Waals surface area contributed by atoms with Crippen LogP contribution in [0.3, 0.4) is 0 Å². The van der Waals surface area contributed by atoms with E-state index in [1.807, 2.05) is 11.4 Å². The maximum absolute atomic E-state index is 14.6. The van der Waals surface area contributed by atoms with E-state index in [9.17, 15) is 18.4 Å². The van der Waals surface area contributed by atoms with Crippen molar-refractivity contribution in [3.05, 3.63) is 74.7 Å². The zero-order valence-corrected chi connectivity index (χ0v) is 18.2. The lowest BCUT2D eigenvalue weighted by Crippen LogP contribution is -2.52. The maximum Gasteiger partial charge on any atom is 0.257 e. The summed E-state index contributed by atoms with van der Waals surface area (Å²) in [4.78, 5) is 36.8. The van der Waals surface area contributed by atoms with Crippen LogP contribution in [0.1, 0.15) is 35.4 Å². The molecule has 10 heteroatoms. The lowest BCUT2D eigenvalue weighted by molar-refractivity contribution is -0.125. The number of carbonyl (C=O) groups is 1. The minimum absolute atomic E-state index is 0.00775. The number of H-pyrrole nitrogens is 1. The van der Waals surface area contributed by atoms with Gasteiger partial charge in [-0.3, -0.25) is 14.5 Å². The van der Waals surface area contributed by atoms with Gasteiger partial charge in [-0.05, 0) is 24.1 Å². The second kappa shape index (κ2) is 9.25. The first-order chi connectivity index (χ1) is 15.3. The molecule has 1 aliphatic rings. The van der Waals surface area contributed by atoms with Gasteiger partial charge >= 0.3 is 0 Å². The van der Waals surface area contributed by atoms with Gasteiger partial charge in [0.25, 0.3) is 5.92 Å². The second-order valence-electron chi connectivity index (χ2n) is 7.86. The molecule has 2 unspecified atom stereocenters. The molecule has 0 aliphatic carbocycles. The zero-order valence-electron chi connectivity index (χ0n) is 17.4. The first-order valence-corrected chi connectivity index (χ1v) is 11.1. The monoisotopic (exact) mass is 459 g/mol. The SMILES string of the molecule is CC(C(=O)Nc1ccc(Cc2nccs2)cn1)N1CCC(F)(F)C(c2ccc(=O)[nH]c2)C1. The minimum atomic E-state index is -2.92. The Labute approximate surface area is 187 Å². The van der Waals surface area contributed by atoms with E-state index in [1.54, 1.807) is 41.6 Å². The number of anilines is 1. The number of thiazole rings is 1. The lowest BCUT2D eigenvalue weighted by atomic mass is 9.87. The van der Waals surface area contributed by atoms with Gasteiger partial charge in [-0.2, -0.15) is 0 Å². The van der Waals surface area contributed by atoms with E-state index in [-0.39, 0.29) is 31.0 Å². The summed E-state index contributed by atoms with van der Waals surface area (Å²) in [5, 5.41) is 5.66. The Balaban J connectivity index is 1.39. The van der Waals surface area contributed by atoms with Crippen LogP contribution in [-0.2, 0) is 11.2 Å². The third kappa shape index (κ3) is 5.08. The molecule has 0 spiro atoms. The molecule has 1 aliphatic heterocycles. The summed E-state index contributed by atoms with van der Waals surface area (Å²) in [5.41, 5.74) is 0.986. The molecule has 4 heterocycles. The van der Waals surface area contributed by atoms with Crippen LogP contribution in [0.2, 0.25) is 0 Å². The van der Waals surface area contributed by atoms with Crippen LogP contribution in [-0.4, -0.2) is 50.8 Å². The number of aromatic amines is 1. The van der Waals surface area contributed by atoms with E-state index in [1.165, 1.54) is 18.3 Å². The van der Waals surface area contributed by atoms with Gasteiger partial charge in [-0.15, -0.1) is 11.3 Å². The summed E-state index contributed by atoms with van der Waals surface area (Å²) in [7, 11) is 0. The van der Waals surface area contributed by atoms with Crippen LogP contribution in [0, 0.1) is 0 Å². The third-order valence-electron chi connectivity index (χ3n) is 5.71. The Morgan fingerprint density at radius 2 is 2.19 bits per heavy atom. The fraction of sp³-hybridized carbons (Fsp3) is 0.364. The van der Waals surface area contributed by atoms with Crippen LogP contribution in [0.5, 0.6) is 0 Å². The summed E-state index contributed by atoms with van der Waals surface area (Å²) < 4.78 is 29.2. The molecule has 168 valence electrons. The van der Waals surface area contributed by atoms with Crippen LogP contribution in [0.25, 0.3) is 0 Å². The number of aromatic nitrogens is 3. The molecular weight excluding hydrogens is 436 g/mol. The topological polar surface area (TPSA) is 91.0 Å². The van der Waals surface area contributed by atoms with Crippen molar-refractivity contribution in [1.29, 1.82) is 0 Å². The standard InChI is InChI=1S/C22H23F2N5O2S/c1-14(21(31)28-18-4-2-15(11-26-18)10-20-25-7-9-32-20)29-8-6-22(23,24)17(13-29)16-3-5-19(30)27-12-16/h2-5,7,9,11-12,14,17H,6,8,10,13H2,1H3,(H,27,30)(H,26,28,31). The van der Waals surface area contributed by atoms with E-state index in [0.29, 0.717) is 17.8 Å². The number of nitrogens with zero attached hydrogens (tertiary/aromatic N) is 3. The molecule has 4 rings (SSSR count). The molecule has 7 nitrogen and oxygen atoms in total. The number of amides is 1. The van der Waals surface area contributed by atoms with Gasteiger partial charge in [-0.1, -0.05) is 12.1 Å². The van der Waals surface area contributed by atoms with Gasteiger partial charge in [-0.25, -0.2) is 18.7 Å². The maximum atomic E-state index is 14.6. The van der Waals surface area contributed by atoms with Crippen molar-refractivity contribution < 1.29 is 13.6 Å².